The molecular formula is C24H24N2O8. The Balaban J connectivity index is 1.27. The lowest BCUT2D eigenvalue weighted by Gasteiger charge is -2.16. The number of rotatable bonds is 8. The zero-order valence-corrected chi connectivity index (χ0v) is 18.4. The van der Waals surface area contributed by atoms with Crippen molar-refractivity contribution in [3.63, 3.8) is 0 Å². The molecule has 10 nitrogen and oxygen atoms in total. The van der Waals surface area contributed by atoms with Crippen molar-refractivity contribution in [1.29, 1.82) is 0 Å². The van der Waals surface area contributed by atoms with Crippen LogP contribution in [0.3, 0.4) is 0 Å². The molecule has 34 heavy (non-hydrogen) atoms. The van der Waals surface area contributed by atoms with E-state index in [0.29, 0.717) is 22.8 Å². The van der Waals surface area contributed by atoms with Crippen molar-refractivity contribution >= 4 is 5.97 Å². The standard InChI is InChI=1S/C24H24N2O8/c1-15-12-26(24(30)25-23(15)29)21-11-19(27)20(34-21)13-32-22(28)14-31-17-8-5-9-18(10-17)33-16-6-3-2-4-7-16/h2-10,12,19-21,27H,11,13-14H2,1H3,(H,25,29,30). The summed E-state index contributed by atoms with van der Waals surface area (Å²) < 4.78 is 23.3. The average molecular weight is 468 g/mol. The molecule has 10 heteroatoms. The normalized spacial score (nSPS) is 19.5. The maximum absolute atomic E-state index is 12.1. The number of H-pyrrole nitrogens is 1. The van der Waals surface area contributed by atoms with Gasteiger partial charge in [-0.15, -0.1) is 0 Å². The van der Waals surface area contributed by atoms with E-state index in [2.05, 4.69) is 4.98 Å². The molecule has 3 aromatic rings. The molecule has 1 aliphatic rings. The van der Waals surface area contributed by atoms with E-state index in [1.807, 2.05) is 30.3 Å². The van der Waals surface area contributed by atoms with Gasteiger partial charge in [0.1, 0.15) is 36.2 Å². The monoisotopic (exact) mass is 468 g/mol. The maximum atomic E-state index is 12.1. The molecule has 0 spiro atoms. The first-order valence-electron chi connectivity index (χ1n) is 10.7. The molecule has 1 aromatic heterocycles. The number of aliphatic hydroxyl groups is 1. The third-order valence-corrected chi connectivity index (χ3v) is 5.21. The predicted octanol–water partition coefficient (Wildman–Crippen LogP) is 1.91. The molecule has 0 aliphatic carbocycles. The van der Waals surface area contributed by atoms with Crippen molar-refractivity contribution in [2.24, 2.45) is 0 Å². The predicted molar refractivity (Wildman–Crippen MR) is 120 cm³/mol. The van der Waals surface area contributed by atoms with E-state index in [1.54, 1.807) is 31.2 Å². The van der Waals surface area contributed by atoms with Crippen LogP contribution in [0.4, 0.5) is 0 Å². The Morgan fingerprint density at radius 2 is 1.85 bits per heavy atom. The number of ether oxygens (including phenoxy) is 4. The fourth-order valence-corrected chi connectivity index (χ4v) is 3.45. The second kappa shape index (κ2) is 10.4. The molecule has 1 saturated heterocycles. The van der Waals surface area contributed by atoms with Crippen LogP contribution in [0.1, 0.15) is 18.2 Å². The SMILES string of the molecule is Cc1cn(C2CC(O)C(COC(=O)COc3cccc(Oc4ccccc4)c3)O2)c(=O)[nH]c1=O. The molecule has 2 heterocycles. The van der Waals surface area contributed by atoms with Gasteiger partial charge < -0.3 is 24.1 Å². The number of aromatic amines is 1. The Labute approximate surface area is 194 Å². The van der Waals surface area contributed by atoms with Gasteiger partial charge in [-0.25, -0.2) is 9.59 Å². The van der Waals surface area contributed by atoms with Crippen LogP contribution in [-0.2, 0) is 14.3 Å². The molecule has 0 saturated carbocycles. The van der Waals surface area contributed by atoms with Gasteiger partial charge in [-0.1, -0.05) is 24.3 Å². The number of aryl methyl sites for hydroxylation is 1. The number of hydrogen-bond donors (Lipinski definition) is 2. The number of nitrogens with one attached hydrogen (secondary N) is 1. The Morgan fingerprint density at radius 1 is 1.12 bits per heavy atom. The van der Waals surface area contributed by atoms with Gasteiger partial charge in [0.2, 0.25) is 0 Å². The number of benzene rings is 2. The fraction of sp³-hybridized carbons (Fsp3) is 0.292. The highest BCUT2D eigenvalue weighted by atomic mass is 16.6. The average Bonchev–Trinajstić information content (AvgIpc) is 3.19. The van der Waals surface area contributed by atoms with Crippen molar-refractivity contribution in [3.8, 4) is 17.2 Å². The molecule has 1 fully saturated rings. The van der Waals surface area contributed by atoms with Crippen molar-refractivity contribution in [3.05, 3.63) is 87.2 Å². The molecule has 0 radical (unpaired) electrons. The highest BCUT2D eigenvalue weighted by Crippen LogP contribution is 2.28. The van der Waals surface area contributed by atoms with Crippen LogP contribution in [0, 0.1) is 6.92 Å². The van der Waals surface area contributed by atoms with E-state index in [4.69, 9.17) is 18.9 Å². The minimum Gasteiger partial charge on any atom is -0.482 e. The highest BCUT2D eigenvalue weighted by molar-refractivity contribution is 5.71. The molecule has 2 aromatic carbocycles. The van der Waals surface area contributed by atoms with Gasteiger partial charge in [0.25, 0.3) is 5.56 Å². The molecule has 1 aliphatic heterocycles. The number of carbonyl (C=O) groups is 1. The first-order chi connectivity index (χ1) is 16.4. The summed E-state index contributed by atoms with van der Waals surface area (Å²) in [5, 5.41) is 10.3. The lowest BCUT2D eigenvalue weighted by atomic mass is 10.2. The second-order valence-corrected chi connectivity index (χ2v) is 7.77. The van der Waals surface area contributed by atoms with Crippen LogP contribution < -0.4 is 20.7 Å². The van der Waals surface area contributed by atoms with Crippen molar-refractivity contribution in [1.82, 2.24) is 9.55 Å². The molecule has 0 amide bonds. The molecule has 3 atom stereocenters. The zero-order valence-electron chi connectivity index (χ0n) is 18.4. The number of nitrogens with zero attached hydrogens (tertiary/aromatic N) is 1. The van der Waals surface area contributed by atoms with Gasteiger partial charge in [-0.3, -0.25) is 14.3 Å². The molecule has 3 unspecified atom stereocenters. The molecule has 2 N–H and O–H groups in total. The first-order valence-corrected chi connectivity index (χ1v) is 10.7. The Morgan fingerprint density at radius 3 is 2.65 bits per heavy atom. The lowest BCUT2D eigenvalue weighted by Crippen LogP contribution is -2.33. The Hall–Kier alpha value is -3.89. The maximum Gasteiger partial charge on any atom is 0.344 e. The summed E-state index contributed by atoms with van der Waals surface area (Å²) in [5.74, 6) is 1.01. The van der Waals surface area contributed by atoms with Gasteiger partial charge in [0, 0.05) is 24.2 Å². The van der Waals surface area contributed by atoms with Crippen LogP contribution in [0.5, 0.6) is 17.2 Å². The van der Waals surface area contributed by atoms with E-state index < -0.39 is 35.7 Å². The fourth-order valence-electron chi connectivity index (χ4n) is 3.45. The third kappa shape index (κ3) is 5.72. The second-order valence-electron chi connectivity index (χ2n) is 7.77. The van der Waals surface area contributed by atoms with Gasteiger partial charge in [0.15, 0.2) is 6.61 Å². The van der Waals surface area contributed by atoms with Crippen molar-refractivity contribution in [2.45, 2.75) is 31.8 Å². The van der Waals surface area contributed by atoms with Crippen molar-refractivity contribution < 1.29 is 28.8 Å². The summed E-state index contributed by atoms with van der Waals surface area (Å²) >= 11 is 0. The summed E-state index contributed by atoms with van der Waals surface area (Å²) in [6, 6.07) is 16.1. The smallest absolute Gasteiger partial charge is 0.344 e. The number of esters is 1. The van der Waals surface area contributed by atoms with E-state index >= 15 is 0 Å². The minimum absolute atomic E-state index is 0.109. The molecule has 4 rings (SSSR count). The molecular weight excluding hydrogens is 444 g/mol. The Bertz CT molecular complexity index is 1250. The van der Waals surface area contributed by atoms with Gasteiger partial charge in [-0.2, -0.15) is 0 Å². The Kier molecular flexibility index (Phi) is 7.09. The van der Waals surface area contributed by atoms with Crippen LogP contribution in [-0.4, -0.2) is 46.0 Å². The highest BCUT2D eigenvalue weighted by Gasteiger charge is 2.36. The van der Waals surface area contributed by atoms with Gasteiger partial charge >= 0.3 is 11.7 Å². The number of aliphatic hydroxyl groups excluding tert-OH is 1. The number of aromatic nitrogens is 2. The quantitative estimate of drug-likeness (QED) is 0.480. The van der Waals surface area contributed by atoms with E-state index in [1.165, 1.54) is 10.8 Å². The van der Waals surface area contributed by atoms with Crippen LogP contribution in [0.15, 0.2) is 70.4 Å². The third-order valence-electron chi connectivity index (χ3n) is 5.21. The van der Waals surface area contributed by atoms with Crippen LogP contribution >= 0.6 is 0 Å². The summed E-state index contributed by atoms with van der Waals surface area (Å²) in [4.78, 5) is 37.9. The first kappa shape index (κ1) is 23.3. The summed E-state index contributed by atoms with van der Waals surface area (Å²) in [6.45, 7) is 0.997. The largest absolute Gasteiger partial charge is 0.482 e. The van der Waals surface area contributed by atoms with Gasteiger partial charge in [-0.05, 0) is 31.2 Å². The van der Waals surface area contributed by atoms with Crippen LogP contribution in [0.25, 0.3) is 0 Å². The van der Waals surface area contributed by atoms with E-state index in [-0.39, 0.29) is 19.6 Å². The summed E-state index contributed by atoms with van der Waals surface area (Å²) in [6.07, 6.45) is -1.08. The van der Waals surface area contributed by atoms with Crippen LogP contribution in [0.2, 0.25) is 0 Å². The number of carbonyl (C=O) groups excluding carboxylic acids is 1. The number of para-hydroxylation sites is 1. The zero-order chi connectivity index (χ0) is 24.1. The van der Waals surface area contributed by atoms with E-state index in [0.717, 1.165) is 0 Å². The lowest BCUT2D eigenvalue weighted by molar-refractivity contribution is -0.152. The summed E-state index contributed by atoms with van der Waals surface area (Å²) in [7, 11) is 0. The van der Waals surface area contributed by atoms with Gasteiger partial charge in [0.05, 0.1) is 6.10 Å². The number of hydrogen-bond acceptors (Lipinski definition) is 8. The molecule has 178 valence electrons. The summed E-state index contributed by atoms with van der Waals surface area (Å²) in [5.41, 5.74) is -0.789. The topological polar surface area (TPSA) is 129 Å². The minimum atomic E-state index is -0.954. The van der Waals surface area contributed by atoms with Crippen molar-refractivity contribution in [2.75, 3.05) is 13.2 Å². The molecule has 0 bridgehead atoms. The van der Waals surface area contributed by atoms with E-state index in [9.17, 15) is 19.5 Å².